The normalized spacial score (nSPS) is 11.9. The van der Waals surface area contributed by atoms with Crippen LogP contribution in [0.25, 0.3) is 0 Å². The van der Waals surface area contributed by atoms with Crippen molar-refractivity contribution in [1.29, 1.82) is 0 Å². The maximum absolute atomic E-state index is 13.1. The van der Waals surface area contributed by atoms with Gasteiger partial charge < -0.3 is 10.5 Å². The fourth-order valence-electron chi connectivity index (χ4n) is 1.72. The molecule has 0 bridgehead atoms. The molecule has 2 N–H and O–H groups in total. The number of anilines is 1. The Labute approximate surface area is 110 Å². The number of nitrogen functional groups attached to an aromatic ring is 1. The number of rotatable bonds is 3. The summed E-state index contributed by atoms with van der Waals surface area (Å²) < 4.78 is 18.4. The number of carbonyl (C=O) groups excluding carboxylic acids is 1. The summed E-state index contributed by atoms with van der Waals surface area (Å²) in [4.78, 5) is 11.9. The number of nitrogens with two attached hydrogens (primary N) is 1. The standard InChI is InChI=1S/C15H14FNO2/c1-10(11-5-3-2-4-6-11)19-15(18)13-9-12(16)7-8-14(13)17/h2-10H,17H2,1H3. The third-order valence-electron chi connectivity index (χ3n) is 2.79. The average molecular weight is 259 g/mol. The van der Waals surface area contributed by atoms with Crippen molar-refractivity contribution in [1.82, 2.24) is 0 Å². The number of hydrogen-bond acceptors (Lipinski definition) is 3. The van der Waals surface area contributed by atoms with E-state index in [4.69, 9.17) is 10.5 Å². The van der Waals surface area contributed by atoms with Crippen molar-refractivity contribution in [2.45, 2.75) is 13.0 Å². The highest BCUT2D eigenvalue weighted by Gasteiger charge is 2.16. The van der Waals surface area contributed by atoms with Crippen molar-refractivity contribution < 1.29 is 13.9 Å². The lowest BCUT2D eigenvalue weighted by Crippen LogP contribution is -2.11. The van der Waals surface area contributed by atoms with Crippen LogP contribution in [0.5, 0.6) is 0 Å². The molecule has 4 heteroatoms. The summed E-state index contributed by atoms with van der Waals surface area (Å²) in [6, 6.07) is 12.9. The number of halogens is 1. The molecular weight excluding hydrogens is 245 g/mol. The van der Waals surface area contributed by atoms with Crippen LogP contribution in [0.15, 0.2) is 48.5 Å². The van der Waals surface area contributed by atoms with Crippen molar-refractivity contribution in [3.05, 3.63) is 65.5 Å². The zero-order valence-electron chi connectivity index (χ0n) is 10.5. The summed E-state index contributed by atoms with van der Waals surface area (Å²) in [5.41, 5.74) is 6.75. The van der Waals surface area contributed by atoms with Crippen LogP contribution < -0.4 is 5.73 Å². The van der Waals surface area contributed by atoms with E-state index in [1.807, 2.05) is 30.3 Å². The Morgan fingerprint density at radius 1 is 1.21 bits per heavy atom. The number of hydrogen-bond donors (Lipinski definition) is 1. The molecule has 0 aliphatic rings. The van der Waals surface area contributed by atoms with Gasteiger partial charge in [-0.15, -0.1) is 0 Å². The first-order chi connectivity index (χ1) is 9.08. The van der Waals surface area contributed by atoms with Crippen LogP contribution in [0.1, 0.15) is 28.9 Å². The zero-order valence-corrected chi connectivity index (χ0v) is 10.5. The predicted molar refractivity (Wildman–Crippen MR) is 71.1 cm³/mol. The van der Waals surface area contributed by atoms with E-state index >= 15 is 0 Å². The SMILES string of the molecule is CC(OC(=O)c1cc(F)ccc1N)c1ccccc1. The molecule has 0 saturated heterocycles. The fraction of sp³-hybridized carbons (Fsp3) is 0.133. The van der Waals surface area contributed by atoms with Crippen LogP contribution in [0.4, 0.5) is 10.1 Å². The van der Waals surface area contributed by atoms with Gasteiger partial charge in [-0.2, -0.15) is 0 Å². The second-order valence-corrected chi connectivity index (χ2v) is 4.19. The van der Waals surface area contributed by atoms with Crippen LogP contribution in [0.3, 0.4) is 0 Å². The molecule has 2 rings (SSSR count). The van der Waals surface area contributed by atoms with Crippen molar-refractivity contribution in [3.63, 3.8) is 0 Å². The predicted octanol–water partition coefficient (Wildman–Crippen LogP) is 3.33. The summed E-state index contributed by atoms with van der Waals surface area (Å²) in [6.45, 7) is 1.75. The van der Waals surface area contributed by atoms with Crippen molar-refractivity contribution >= 4 is 11.7 Å². The van der Waals surface area contributed by atoms with E-state index in [0.717, 1.165) is 11.6 Å². The molecule has 1 unspecified atom stereocenters. The molecule has 0 fully saturated rings. The molecule has 0 saturated carbocycles. The molecule has 0 amide bonds. The fourth-order valence-corrected chi connectivity index (χ4v) is 1.72. The van der Waals surface area contributed by atoms with Gasteiger partial charge in [0, 0.05) is 5.69 Å². The summed E-state index contributed by atoms with van der Waals surface area (Å²) in [7, 11) is 0. The Hall–Kier alpha value is -2.36. The average Bonchev–Trinajstić information content (AvgIpc) is 2.42. The molecule has 0 aromatic heterocycles. The third kappa shape index (κ3) is 3.10. The molecule has 0 heterocycles. The van der Waals surface area contributed by atoms with Crippen molar-refractivity contribution in [2.75, 3.05) is 5.73 Å². The van der Waals surface area contributed by atoms with Crippen LogP contribution in [-0.2, 0) is 4.74 Å². The van der Waals surface area contributed by atoms with Crippen molar-refractivity contribution in [3.8, 4) is 0 Å². The van der Waals surface area contributed by atoms with Gasteiger partial charge in [0.1, 0.15) is 11.9 Å². The first-order valence-electron chi connectivity index (χ1n) is 5.89. The Morgan fingerprint density at radius 2 is 1.89 bits per heavy atom. The Bertz CT molecular complexity index is 584. The van der Waals surface area contributed by atoms with E-state index in [-0.39, 0.29) is 11.3 Å². The van der Waals surface area contributed by atoms with Gasteiger partial charge in [0.25, 0.3) is 0 Å². The highest BCUT2D eigenvalue weighted by molar-refractivity contribution is 5.95. The monoisotopic (exact) mass is 259 g/mol. The van der Waals surface area contributed by atoms with Gasteiger partial charge in [0.05, 0.1) is 5.56 Å². The number of esters is 1. The Kier molecular flexibility index (Phi) is 3.80. The number of carbonyl (C=O) groups is 1. The maximum Gasteiger partial charge on any atom is 0.340 e. The van der Waals surface area contributed by atoms with Crippen LogP contribution in [-0.4, -0.2) is 5.97 Å². The van der Waals surface area contributed by atoms with Gasteiger partial charge in [-0.1, -0.05) is 30.3 Å². The summed E-state index contributed by atoms with van der Waals surface area (Å²) in [5.74, 6) is -1.15. The van der Waals surface area contributed by atoms with Gasteiger partial charge in [-0.3, -0.25) is 0 Å². The molecule has 0 spiro atoms. The topological polar surface area (TPSA) is 52.3 Å². The van der Waals surface area contributed by atoms with E-state index < -0.39 is 17.9 Å². The lowest BCUT2D eigenvalue weighted by molar-refractivity contribution is 0.0338. The summed E-state index contributed by atoms with van der Waals surface area (Å²) >= 11 is 0. The van der Waals surface area contributed by atoms with E-state index in [9.17, 15) is 9.18 Å². The Balaban J connectivity index is 2.15. The van der Waals surface area contributed by atoms with Crippen LogP contribution in [0.2, 0.25) is 0 Å². The van der Waals surface area contributed by atoms with Gasteiger partial charge in [0.2, 0.25) is 0 Å². The highest BCUT2D eigenvalue weighted by Crippen LogP contribution is 2.21. The second-order valence-electron chi connectivity index (χ2n) is 4.19. The quantitative estimate of drug-likeness (QED) is 0.679. The molecule has 2 aromatic rings. The minimum Gasteiger partial charge on any atom is -0.454 e. The van der Waals surface area contributed by atoms with E-state index in [0.29, 0.717) is 0 Å². The zero-order chi connectivity index (χ0) is 13.8. The minimum atomic E-state index is -0.631. The second kappa shape index (κ2) is 5.52. The van der Waals surface area contributed by atoms with Gasteiger partial charge in [-0.25, -0.2) is 9.18 Å². The van der Waals surface area contributed by atoms with E-state index in [1.165, 1.54) is 12.1 Å². The molecule has 1 atom stereocenters. The Morgan fingerprint density at radius 3 is 2.58 bits per heavy atom. The highest BCUT2D eigenvalue weighted by atomic mass is 19.1. The largest absolute Gasteiger partial charge is 0.454 e. The molecule has 19 heavy (non-hydrogen) atoms. The van der Waals surface area contributed by atoms with Crippen LogP contribution >= 0.6 is 0 Å². The van der Waals surface area contributed by atoms with Gasteiger partial charge in [-0.05, 0) is 30.7 Å². The van der Waals surface area contributed by atoms with Gasteiger partial charge in [0.15, 0.2) is 0 Å². The molecule has 0 aliphatic carbocycles. The smallest absolute Gasteiger partial charge is 0.340 e. The molecule has 0 aliphatic heterocycles. The first-order valence-corrected chi connectivity index (χ1v) is 5.89. The summed E-state index contributed by atoms with van der Waals surface area (Å²) in [6.07, 6.45) is -0.420. The third-order valence-corrected chi connectivity index (χ3v) is 2.79. The molecule has 2 aromatic carbocycles. The lowest BCUT2D eigenvalue weighted by atomic mass is 10.1. The maximum atomic E-state index is 13.1. The first kappa shape index (κ1) is 13.1. The van der Waals surface area contributed by atoms with Crippen molar-refractivity contribution in [2.24, 2.45) is 0 Å². The lowest BCUT2D eigenvalue weighted by Gasteiger charge is -2.14. The van der Waals surface area contributed by atoms with Crippen LogP contribution in [0, 0.1) is 5.82 Å². The molecular formula is C15H14FNO2. The minimum absolute atomic E-state index is 0.0442. The van der Waals surface area contributed by atoms with Gasteiger partial charge >= 0.3 is 5.97 Å². The summed E-state index contributed by atoms with van der Waals surface area (Å²) in [5, 5.41) is 0. The molecule has 3 nitrogen and oxygen atoms in total. The number of ether oxygens (including phenoxy) is 1. The van der Waals surface area contributed by atoms with E-state index in [2.05, 4.69) is 0 Å². The molecule has 98 valence electrons. The molecule has 0 radical (unpaired) electrons. The number of benzene rings is 2. The van der Waals surface area contributed by atoms with E-state index in [1.54, 1.807) is 6.92 Å².